The fourth-order valence-electron chi connectivity index (χ4n) is 2.70. The smallest absolute Gasteiger partial charge is 0.346 e. The second-order valence-corrected chi connectivity index (χ2v) is 6.31. The Kier molecular flexibility index (Phi) is 4.85. The molecule has 0 unspecified atom stereocenters. The van der Waals surface area contributed by atoms with Gasteiger partial charge in [0.25, 0.3) is 5.91 Å². The van der Waals surface area contributed by atoms with E-state index in [0.29, 0.717) is 11.1 Å². The van der Waals surface area contributed by atoms with E-state index in [1.165, 1.54) is 6.92 Å². The maximum atomic E-state index is 13.2. The lowest BCUT2D eigenvalue weighted by molar-refractivity contribution is -0.142. The van der Waals surface area contributed by atoms with Crippen LogP contribution in [0.3, 0.4) is 0 Å². The number of hydrogen-bond donors (Lipinski definition) is 1. The molecule has 0 aromatic carbocycles. The predicted octanol–water partition coefficient (Wildman–Crippen LogP) is 3.16. The Hall–Kier alpha value is -2.62. The van der Waals surface area contributed by atoms with Gasteiger partial charge in [0.15, 0.2) is 11.3 Å². The van der Waals surface area contributed by atoms with Gasteiger partial charge >= 0.3 is 6.18 Å². The third-order valence-corrected chi connectivity index (χ3v) is 4.46. The van der Waals surface area contributed by atoms with Gasteiger partial charge in [-0.15, -0.1) is 0 Å². The number of alkyl halides is 3. The van der Waals surface area contributed by atoms with Crippen molar-refractivity contribution in [2.75, 3.05) is 0 Å². The topological polar surface area (TPSA) is 77.1 Å². The van der Waals surface area contributed by atoms with Crippen molar-refractivity contribution in [2.45, 2.75) is 40.0 Å². The Bertz CT molecular complexity index is 1020. The first-order valence-corrected chi connectivity index (χ1v) is 8.43. The van der Waals surface area contributed by atoms with Crippen LogP contribution in [-0.4, -0.2) is 30.3 Å². The fraction of sp³-hybridized carbons (Fsp3) is 0.375. The molecule has 0 saturated carbocycles. The van der Waals surface area contributed by atoms with Crippen LogP contribution in [0, 0.1) is 13.8 Å². The largest absolute Gasteiger partial charge is 0.433 e. The van der Waals surface area contributed by atoms with Crippen LogP contribution in [0.1, 0.15) is 40.1 Å². The minimum Gasteiger partial charge on any atom is -0.346 e. The van der Waals surface area contributed by atoms with Gasteiger partial charge in [0, 0.05) is 30.0 Å². The zero-order valence-corrected chi connectivity index (χ0v) is 15.5. The predicted molar refractivity (Wildman–Crippen MR) is 91.5 cm³/mol. The summed E-state index contributed by atoms with van der Waals surface area (Å²) in [6.45, 7) is 6.04. The SMILES string of the molecule is CCn1ncc(CNC(=O)c2nn3c(C(F)(F)F)cc(C)nc3c2Cl)c1C. The molecule has 3 rings (SSSR count). The van der Waals surface area contributed by atoms with Crippen molar-refractivity contribution in [3.8, 4) is 0 Å². The average molecular weight is 401 g/mol. The Labute approximate surface area is 157 Å². The summed E-state index contributed by atoms with van der Waals surface area (Å²) in [4.78, 5) is 16.4. The highest BCUT2D eigenvalue weighted by atomic mass is 35.5. The number of hydrogen-bond acceptors (Lipinski definition) is 4. The molecule has 0 spiro atoms. The summed E-state index contributed by atoms with van der Waals surface area (Å²) >= 11 is 6.10. The number of aromatic nitrogens is 5. The van der Waals surface area contributed by atoms with E-state index >= 15 is 0 Å². The highest BCUT2D eigenvalue weighted by molar-refractivity contribution is 6.36. The summed E-state index contributed by atoms with van der Waals surface area (Å²) in [7, 11) is 0. The minimum absolute atomic E-state index is 0.117. The van der Waals surface area contributed by atoms with Crippen molar-refractivity contribution in [3.05, 3.63) is 45.6 Å². The molecule has 1 amide bonds. The molecule has 0 aliphatic heterocycles. The molecule has 3 aromatic rings. The summed E-state index contributed by atoms with van der Waals surface area (Å²) < 4.78 is 42.1. The molecule has 27 heavy (non-hydrogen) atoms. The number of rotatable bonds is 4. The van der Waals surface area contributed by atoms with Crippen molar-refractivity contribution in [1.29, 1.82) is 0 Å². The van der Waals surface area contributed by atoms with Crippen LogP contribution in [0.5, 0.6) is 0 Å². The number of carbonyl (C=O) groups is 1. The summed E-state index contributed by atoms with van der Waals surface area (Å²) in [5.41, 5.74) is 0.202. The van der Waals surface area contributed by atoms with Gasteiger partial charge in [-0.2, -0.15) is 23.4 Å². The van der Waals surface area contributed by atoms with Gasteiger partial charge in [-0.1, -0.05) is 11.6 Å². The van der Waals surface area contributed by atoms with Gasteiger partial charge in [-0.25, -0.2) is 9.50 Å². The quantitative estimate of drug-likeness (QED) is 0.729. The molecule has 0 atom stereocenters. The Morgan fingerprint density at radius 3 is 2.63 bits per heavy atom. The van der Waals surface area contributed by atoms with E-state index in [-0.39, 0.29) is 28.6 Å². The molecule has 7 nitrogen and oxygen atoms in total. The van der Waals surface area contributed by atoms with E-state index in [9.17, 15) is 18.0 Å². The van der Waals surface area contributed by atoms with Crippen LogP contribution in [0.4, 0.5) is 13.2 Å². The number of halogens is 4. The van der Waals surface area contributed by atoms with Gasteiger partial charge in [-0.3, -0.25) is 9.48 Å². The van der Waals surface area contributed by atoms with Crippen molar-refractivity contribution in [3.63, 3.8) is 0 Å². The first kappa shape index (κ1) is 19.2. The van der Waals surface area contributed by atoms with Gasteiger partial charge in [0.05, 0.1) is 6.20 Å². The third kappa shape index (κ3) is 3.48. The minimum atomic E-state index is -4.67. The maximum absolute atomic E-state index is 13.2. The number of nitrogens with one attached hydrogen (secondary N) is 1. The van der Waals surface area contributed by atoms with Gasteiger partial charge < -0.3 is 5.32 Å². The summed E-state index contributed by atoms with van der Waals surface area (Å²) in [5.74, 6) is -0.695. The Balaban J connectivity index is 1.93. The van der Waals surface area contributed by atoms with E-state index in [4.69, 9.17) is 11.6 Å². The lowest BCUT2D eigenvalue weighted by Gasteiger charge is -2.09. The monoisotopic (exact) mass is 400 g/mol. The third-order valence-electron chi connectivity index (χ3n) is 4.11. The van der Waals surface area contributed by atoms with Crippen LogP contribution in [0.25, 0.3) is 5.65 Å². The van der Waals surface area contributed by atoms with E-state index in [1.54, 1.807) is 10.9 Å². The molecule has 0 saturated heterocycles. The highest BCUT2D eigenvalue weighted by Crippen LogP contribution is 2.32. The van der Waals surface area contributed by atoms with Crippen LogP contribution < -0.4 is 5.32 Å². The lowest BCUT2D eigenvalue weighted by atomic mass is 10.2. The molecule has 0 fully saturated rings. The Morgan fingerprint density at radius 1 is 1.33 bits per heavy atom. The second-order valence-electron chi connectivity index (χ2n) is 5.93. The summed E-state index contributed by atoms with van der Waals surface area (Å²) in [5, 5.41) is 10.3. The molecular formula is C16H16ClF3N6O. The van der Waals surface area contributed by atoms with Crippen molar-refractivity contribution >= 4 is 23.2 Å². The molecule has 0 radical (unpaired) electrons. The Morgan fingerprint density at radius 2 is 2.04 bits per heavy atom. The molecule has 0 aliphatic rings. The summed E-state index contributed by atoms with van der Waals surface area (Å²) in [6, 6.07) is 0.848. The summed E-state index contributed by atoms with van der Waals surface area (Å²) in [6.07, 6.45) is -3.04. The molecule has 11 heteroatoms. The van der Waals surface area contributed by atoms with Crippen LogP contribution in [0.2, 0.25) is 5.02 Å². The van der Waals surface area contributed by atoms with Crippen LogP contribution >= 0.6 is 11.6 Å². The number of nitrogens with zero attached hydrogens (tertiary/aromatic N) is 5. The first-order valence-electron chi connectivity index (χ1n) is 8.06. The highest BCUT2D eigenvalue weighted by Gasteiger charge is 2.36. The van der Waals surface area contributed by atoms with Crippen LogP contribution in [0.15, 0.2) is 12.3 Å². The number of aryl methyl sites for hydroxylation is 2. The van der Waals surface area contributed by atoms with E-state index in [2.05, 4.69) is 20.5 Å². The van der Waals surface area contributed by atoms with E-state index in [1.807, 2.05) is 13.8 Å². The standard InChI is InChI=1S/C16H16ClF3N6O/c1-4-25-9(3)10(7-22-25)6-21-15(27)13-12(17)14-23-8(2)5-11(16(18,19)20)26(14)24-13/h5,7H,4,6H2,1-3H3,(H,21,27). The molecule has 1 N–H and O–H groups in total. The van der Waals surface area contributed by atoms with Crippen LogP contribution in [-0.2, 0) is 19.3 Å². The van der Waals surface area contributed by atoms with Crippen molar-refractivity contribution < 1.29 is 18.0 Å². The maximum Gasteiger partial charge on any atom is 0.433 e. The van der Waals surface area contributed by atoms with Gasteiger partial charge in [-0.05, 0) is 26.8 Å². The molecule has 3 heterocycles. The van der Waals surface area contributed by atoms with Crippen molar-refractivity contribution in [2.24, 2.45) is 0 Å². The first-order chi connectivity index (χ1) is 12.6. The fourth-order valence-corrected chi connectivity index (χ4v) is 2.94. The molecule has 0 bridgehead atoms. The average Bonchev–Trinajstić information content (AvgIpc) is 3.11. The number of carbonyl (C=O) groups excluding carboxylic acids is 1. The molecular weight excluding hydrogens is 385 g/mol. The lowest BCUT2D eigenvalue weighted by Crippen LogP contribution is -2.24. The molecule has 0 aliphatic carbocycles. The second kappa shape index (κ2) is 6.84. The van der Waals surface area contributed by atoms with Gasteiger partial charge in [0.2, 0.25) is 0 Å². The zero-order chi connectivity index (χ0) is 19.9. The molecule has 3 aromatic heterocycles. The van der Waals surface area contributed by atoms with E-state index in [0.717, 1.165) is 17.3 Å². The van der Waals surface area contributed by atoms with E-state index < -0.39 is 17.8 Å². The van der Waals surface area contributed by atoms with Crippen molar-refractivity contribution in [1.82, 2.24) is 29.7 Å². The zero-order valence-electron chi connectivity index (χ0n) is 14.7. The molecule has 144 valence electrons. The normalized spacial score (nSPS) is 12.0. The number of fused-ring (bicyclic) bond motifs is 1. The number of amides is 1. The van der Waals surface area contributed by atoms with Gasteiger partial charge in [0.1, 0.15) is 10.7 Å².